The standard InChI is InChI=1S/C11H13O/c1-3-10(4-2)12-11-8-6-5-7-9-11/h3,6-9H,4H2,1-2H3. The van der Waals surface area contributed by atoms with Crippen molar-refractivity contribution in [3.63, 3.8) is 0 Å². The van der Waals surface area contributed by atoms with Gasteiger partial charge in [-0.2, -0.15) is 0 Å². The Morgan fingerprint density at radius 2 is 2.17 bits per heavy atom. The highest BCUT2D eigenvalue weighted by Gasteiger charge is 1.94. The van der Waals surface area contributed by atoms with Gasteiger partial charge in [0.15, 0.2) is 0 Å². The van der Waals surface area contributed by atoms with Crippen molar-refractivity contribution in [2.24, 2.45) is 0 Å². The minimum atomic E-state index is 0.878. The Hall–Kier alpha value is -1.24. The third kappa shape index (κ3) is 2.42. The van der Waals surface area contributed by atoms with E-state index in [2.05, 4.69) is 13.0 Å². The van der Waals surface area contributed by atoms with E-state index in [0.29, 0.717) is 0 Å². The molecule has 1 radical (unpaired) electrons. The van der Waals surface area contributed by atoms with Crippen LogP contribution in [-0.4, -0.2) is 0 Å². The van der Waals surface area contributed by atoms with Gasteiger partial charge in [0.05, 0.1) is 5.76 Å². The summed E-state index contributed by atoms with van der Waals surface area (Å²) in [6.07, 6.45) is 2.91. The molecular weight excluding hydrogens is 148 g/mol. The lowest BCUT2D eigenvalue weighted by molar-refractivity contribution is 0.408. The van der Waals surface area contributed by atoms with Gasteiger partial charge >= 0.3 is 0 Å². The summed E-state index contributed by atoms with van der Waals surface area (Å²) in [5.74, 6) is 1.88. The van der Waals surface area contributed by atoms with Gasteiger partial charge in [0, 0.05) is 6.42 Å². The lowest BCUT2D eigenvalue weighted by Crippen LogP contribution is -1.92. The SMILES string of the molecule is CC=C(CC)Oc1cc[c]cc1. The zero-order chi connectivity index (χ0) is 8.81. The predicted octanol–water partition coefficient (Wildman–Crippen LogP) is 3.18. The summed E-state index contributed by atoms with van der Waals surface area (Å²) < 4.78 is 5.55. The quantitative estimate of drug-likeness (QED) is 0.619. The van der Waals surface area contributed by atoms with Gasteiger partial charge in [-0.25, -0.2) is 0 Å². The summed E-state index contributed by atoms with van der Waals surface area (Å²) >= 11 is 0. The van der Waals surface area contributed by atoms with E-state index in [4.69, 9.17) is 4.74 Å². The first-order valence-electron chi connectivity index (χ1n) is 4.16. The van der Waals surface area contributed by atoms with E-state index in [9.17, 15) is 0 Å². The third-order valence-electron chi connectivity index (χ3n) is 1.61. The smallest absolute Gasteiger partial charge is 0.126 e. The lowest BCUT2D eigenvalue weighted by Gasteiger charge is -2.06. The van der Waals surface area contributed by atoms with Crippen LogP contribution in [0.2, 0.25) is 0 Å². The van der Waals surface area contributed by atoms with Crippen LogP contribution in [0.1, 0.15) is 20.3 Å². The molecule has 0 saturated heterocycles. The largest absolute Gasteiger partial charge is 0.462 e. The number of rotatable bonds is 3. The molecule has 1 nitrogen and oxygen atoms in total. The van der Waals surface area contributed by atoms with E-state index in [1.54, 1.807) is 0 Å². The van der Waals surface area contributed by atoms with Crippen LogP contribution >= 0.6 is 0 Å². The number of hydrogen-bond donors (Lipinski definition) is 0. The number of hydrogen-bond acceptors (Lipinski definition) is 1. The highest BCUT2D eigenvalue weighted by Crippen LogP contribution is 2.13. The molecule has 1 aromatic rings. The van der Waals surface area contributed by atoms with E-state index in [1.165, 1.54) is 0 Å². The van der Waals surface area contributed by atoms with Crippen molar-refractivity contribution in [2.75, 3.05) is 0 Å². The highest BCUT2D eigenvalue weighted by molar-refractivity contribution is 5.22. The third-order valence-corrected chi connectivity index (χ3v) is 1.61. The molecule has 0 amide bonds. The van der Waals surface area contributed by atoms with Crippen LogP contribution in [0.4, 0.5) is 0 Å². The maximum absolute atomic E-state index is 5.55. The normalized spacial score (nSPS) is 11.3. The maximum atomic E-state index is 5.55. The summed E-state index contributed by atoms with van der Waals surface area (Å²) in [7, 11) is 0. The molecule has 0 N–H and O–H groups in total. The summed E-state index contributed by atoms with van der Waals surface area (Å²) in [5.41, 5.74) is 0. The first kappa shape index (κ1) is 8.85. The summed E-state index contributed by atoms with van der Waals surface area (Å²) in [6.45, 7) is 4.05. The van der Waals surface area contributed by atoms with E-state index in [1.807, 2.05) is 37.3 Å². The van der Waals surface area contributed by atoms with Crippen molar-refractivity contribution in [3.8, 4) is 5.75 Å². The topological polar surface area (TPSA) is 9.23 Å². The second-order valence-electron chi connectivity index (χ2n) is 2.45. The minimum Gasteiger partial charge on any atom is -0.462 e. The molecule has 63 valence electrons. The molecular formula is C11H13O. The first-order chi connectivity index (χ1) is 5.86. The van der Waals surface area contributed by atoms with Gasteiger partial charge in [-0.15, -0.1) is 0 Å². The van der Waals surface area contributed by atoms with Crippen LogP contribution in [0.5, 0.6) is 5.75 Å². The molecule has 0 heterocycles. The van der Waals surface area contributed by atoms with E-state index in [0.717, 1.165) is 17.9 Å². The molecule has 0 aliphatic carbocycles. The van der Waals surface area contributed by atoms with Crippen molar-refractivity contribution < 1.29 is 4.74 Å². The Labute approximate surface area is 73.7 Å². The summed E-state index contributed by atoms with van der Waals surface area (Å²) in [5, 5.41) is 0. The number of allylic oxidation sites excluding steroid dienone is 2. The Balaban J connectivity index is 2.64. The number of benzene rings is 1. The molecule has 0 bridgehead atoms. The Bertz CT molecular complexity index is 249. The average Bonchev–Trinajstić information content (AvgIpc) is 2.16. The molecule has 0 aromatic heterocycles. The van der Waals surface area contributed by atoms with Gasteiger partial charge in [-0.3, -0.25) is 0 Å². The molecule has 0 spiro atoms. The average molecular weight is 161 g/mol. The van der Waals surface area contributed by atoms with Crippen LogP contribution in [0, 0.1) is 6.07 Å². The maximum Gasteiger partial charge on any atom is 0.126 e. The van der Waals surface area contributed by atoms with Crippen LogP contribution in [0.15, 0.2) is 36.1 Å². The van der Waals surface area contributed by atoms with Crippen LogP contribution < -0.4 is 4.74 Å². The molecule has 0 fully saturated rings. The van der Waals surface area contributed by atoms with Gasteiger partial charge in [-0.1, -0.05) is 19.1 Å². The molecule has 0 atom stereocenters. The van der Waals surface area contributed by atoms with E-state index in [-0.39, 0.29) is 0 Å². The molecule has 0 aliphatic heterocycles. The zero-order valence-electron chi connectivity index (χ0n) is 7.50. The second kappa shape index (κ2) is 4.60. The number of ether oxygens (including phenoxy) is 1. The van der Waals surface area contributed by atoms with Gasteiger partial charge in [0.2, 0.25) is 0 Å². The highest BCUT2D eigenvalue weighted by atomic mass is 16.5. The minimum absolute atomic E-state index is 0.878. The van der Waals surface area contributed by atoms with Gasteiger partial charge in [0.25, 0.3) is 0 Å². The fraction of sp³-hybridized carbons (Fsp3) is 0.273. The summed E-state index contributed by atoms with van der Waals surface area (Å²) in [6, 6.07) is 10.4. The Morgan fingerprint density at radius 3 is 2.67 bits per heavy atom. The molecule has 1 rings (SSSR count). The molecule has 0 unspecified atom stereocenters. The van der Waals surface area contributed by atoms with Crippen LogP contribution in [-0.2, 0) is 0 Å². The fourth-order valence-corrected chi connectivity index (χ4v) is 0.926. The van der Waals surface area contributed by atoms with E-state index < -0.39 is 0 Å². The fourth-order valence-electron chi connectivity index (χ4n) is 0.926. The van der Waals surface area contributed by atoms with Crippen molar-refractivity contribution in [2.45, 2.75) is 20.3 Å². The monoisotopic (exact) mass is 161 g/mol. The van der Waals surface area contributed by atoms with Gasteiger partial charge in [-0.05, 0) is 31.2 Å². The van der Waals surface area contributed by atoms with Gasteiger partial charge < -0.3 is 4.74 Å². The Morgan fingerprint density at radius 1 is 1.50 bits per heavy atom. The second-order valence-corrected chi connectivity index (χ2v) is 2.45. The molecule has 0 saturated carbocycles. The molecule has 1 heteroatoms. The van der Waals surface area contributed by atoms with Crippen LogP contribution in [0.3, 0.4) is 0 Å². The lowest BCUT2D eigenvalue weighted by atomic mass is 10.3. The Kier molecular flexibility index (Phi) is 3.39. The predicted molar refractivity (Wildman–Crippen MR) is 50.0 cm³/mol. The van der Waals surface area contributed by atoms with Crippen molar-refractivity contribution >= 4 is 0 Å². The van der Waals surface area contributed by atoms with Crippen molar-refractivity contribution in [3.05, 3.63) is 42.2 Å². The van der Waals surface area contributed by atoms with E-state index >= 15 is 0 Å². The first-order valence-corrected chi connectivity index (χ1v) is 4.16. The van der Waals surface area contributed by atoms with Crippen molar-refractivity contribution in [1.82, 2.24) is 0 Å². The van der Waals surface area contributed by atoms with Gasteiger partial charge in [0.1, 0.15) is 5.75 Å². The van der Waals surface area contributed by atoms with Crippen LogP contribution in [0.25, 0.3) is 0 Å². The molecule has 1 aromatic carbocycles. The molecule has 12 heavy (non-hydrogen) atoms. The van der Waals surface area contributed by atoms with Crippen molar-refractivity contribution in [1.29, 1.82) is 0 Å². The molecule has 0 aliphatic rings. The zero-order valence-corrected chi connectivity index (χ0v) is 7.50. The summed E-state index contributed by atoms with van der Waals surface area (Å²) in [4.78, 5) is 0.